The van der Waals surface area contributed by atoms with Crippen molar-refractivity contribution >= 4 is 23.4 Å². The third-order valence-corrected chi connectivity index (χ3v) is 9.74. The zero-order valence-electron chi connectivity index (χ0n) is 26.2. The Kier molecular flexibility index (Phi) is 8.84. The summed E-state index contributed by atoms with van der Waals surface area (Å²) in [5, 5.41) is 10.7. The van der Waals surface area contributed by atoms with Crippen LogP contribution >= 0.6 is 0 Å². The van der Waals surface area contributed by atoms with Gasteiger partial charge in [-0.2, -0.15) is 0 Å². The Hall–Kier alpha value is -3.95. The van der Waals surface area contributed by atoms with E-state index in [0.717, 1.165) is 18.4 Å². The number of hydrogen-bond donors (Lipinski definition) is 1. The van der Waals surface area contributed by atoms with Crippen LogP contribution in [0.3, 0.4) is 0 Å². The first-order valence-corrected chi connectivity index (χ1v) is 16.2. The second-order valence-electron chi connectivity index (χ2n) is 12.4. The normalized spacial score (nSPS) is 28.8. The molecule has 4 aliphatic heterocycles. The van der Waals surface area contributed by atoms with Crippen molar-refractivity contribution in [3.8, 4) is 5.75 Å². The summed E-state index contributed by atoms with van der Waals surface area (Å²) < 4.78 is 12.4. The molecule has 1 spiro atoms. The van der Waals surface area contributed by atoms with Crippen LogP contribution in [0.5, 0.6) is 5.75 Å². The molecule has 2 saturated heterocycles. The predicted molar refractivity (Wildman–Crippen MR) is 171 cm³/mol. The number of hydrogen-bond acceptors (Lipinski definition) is 6. The highest BCUT2D eigenvalue weighted by atomic mass is 16.5. The van der Waals surface area contributed by atoms with Gasteiger partial charge in [0.1, 0.15) is 17.4 Å². The minimum absolute atomic E-state index is 0.0523. The molecule has 0 radical (unpaired) electrons. The summed E-state index contributed by atoms with van der Waals surface area (Å²) in [6.45, 7) is 6.95. The van der Waals surface area contributed by atoms with Crippen molar-refractivity contribution in [2.75, 3.05) is 31.2 Å². The van der Waals surface area contributed by atoms with Crippen LogP contribution in [0.4, 0.5) is 5.69 Å². The van der Waals surface area contributed by atoms with Crippen LogP contribution in [-0.2, 0) is 25.5 Å². The fourth-order valence-electron chi connectivity index (χ4n) is 7.72. The molecule has 0 bridgehead atoms. The third-order valence-electron chi connectivity index (χ3n) is 9.74. The molecule has 0 aromatic heterocycles. The Morgan fingerprint density at radius 3 is 2.42 bits per heavy atom. The summed E-state index contributed by atoms with van der Waals surface area (Å²) in [5.41, 5.74) is 0.283. The maximum Gasteiger partial charge on any atom is 0.249 e. The number of ether oxygens (including phenoxy) is 2. The Morgan fingerprint density at radius 1 is 0.978 bits per heavy atom. The highest BCUT2D eigenvalue weighted by Gasteiger charge is 2.72. The summed E-state index contributed by atoms with van der Waals surface area (Å²) in [5.74, 6) is -1.83. The zero-order chi connectivity index (χ0) is 31.7. The van der Waals surface area contributed by atoms with E-state index < -0.39 is 35.6 Å². The first-order chi connectivity index (χ1) is 21.8. The third kappa shape index (κ3) is 5.36. The van der Waals surface area contributed by atoms with Gasteiger partial charge in [0.15, 0.2) is 0 Å². The molecule has 0 saturated carbocycles. The number of fused-ring (bicyclic) bond motifs is 2. The average molecular weight is 614 g/mol. The molecule has 9 heteroatoms. The van der Waals surface area contributed by atoms with Gasteiger partial charge in [-0.1, -0.05) is 68.0 Å². The van der Waals surface area contributed by atoms with Crippen LogP contribution in [0.25, 0.3) is 0 Å². The first kappa shape index (κ1) is 31.0. The molecule has 2 fully saturated rings. The standard InChI is InChI=1S/C36H43N3O6/c1-4-11-24(3)37-21-10-19-36-31(34(42)39(32(36)35(37)43)27(23-40)22-25-12-7-6-8-13-25)30-29(45-36)14-9-20-38(33(30)41)26-15-17-28(18-16-26)44-5-2/h6-10,12-19,24,27,29-32,40H,4-5,11,20-23H2,1-3H3/t24?,27-,29-,30+,31+,32?,36+/m1/s1. The number of amides is 3. The van der Waals surface area contributed by atoms with Gasteiger partial charge in [-0.3, -0.25) is 14.4 Å². The fourth-order valence-corrected chi connectivity index (χ4v) is 7.72. The van der Waals surface area contributed by atoms with Gasteiger partial charge in [-0.25, -0.2) is 0 Å². The van der Waals surface area contributed by atoms with E-state index in [1.165, 1.54) is 0 Å². The van der Waals surface area contributed by atoms with Gasteiger partial charge in [0.2, 0.25) is 17.7 Å². The Bertz CT molecular complexity index is 1460. The van der Waals surface area contributed by atoms with Gasteiger partial charge in [0, 0.05) is 24.8 Å². The van der Waals surface area contributed by atoms with Crippen molar-refractivity contribution in [2.24, 2.45) is 11.8 Å². The van der Waals surface area contributed by atoms with Gasteiger partial charge in [0.05, 0.1) is 37.2 Å². The topological polar surface area (TPSA) is 99.6 Å². The molecule has 1 N–H and O–H groups in total. The molecule has 4 heterocycles. The van der Waals surface area contributed by atoms with E-state index in [9.17, 15) is 19.5 Å². The summed E-state index contributed by atoms with van der Waals surface area (Å²) in [6, 6.07) is 15.3. The maximum absolute atomic E-state index is 14.8. The fraction of sp³-hybridized carbons (Fsp3) is 0.472. The second-order valence-corrected chi connectivity index (χ2v) is 12.4. The first-order valence-electron chi connectivity index (χ1n) is 16.2. The minimum Gasteiger partial charge on any atom is -0.494 e. The number of carbonyl (C=O) groups excluding carboxylic acids is 3. The van der Waals surface area contributed by atoms with E-state index in [2.05, 4.69) is 6.92 Å². The highest BCUT2D eigenvalue weighted by Crippen LogP contribution is 2.54. The van der Waals surface area contributed by atoms with Gasteiger partial charge in [0.25, 0.3) is 0 Å². The number of nitrogens with zero attached hydrogens (tertiary/aromatic N) is 3. The molecule has 7 atom stereocenters. The molecule has 2 aromatic rings. The van der Waals surface area contributed by atoms with Gasteiger partial charge < -0.3 is 29.3 Å². The summed E-state index contributed by atoms with van der Waals surface area (Å²) in [4.78, 5) is 49.0. The molecular weight excluding hydrogens is 570 g/mol. The smallest absolute Gasteiger partial charge is 0.249 e. The lowest BCUT2D eigenvalue weighted by molar-refractivity contribution is -0.151. The van der Waals surface area contributed by atoms with Crippen molar-refractivity contribution in [3.63, 3.8) is 0 Å². The van der Waals surface area contributed by atoms with Gasteiger partial charge in [-0.15, -0.1) is 0 Å². The van der Waals surface area contributed by atoms with Crippen LogP contribution in [-0.4, -0.2) is 88.8 Å². The van der Waals surface area contributed by atoms with Crippen LogP contribution in [0.15, 0.2) is 78.9 Å². The van der Waals surface area contributed by atoms with E-state index in [4.69, 9.17) is 9.47 Å². The predicted octanol–water partition coefficient (Wildman–Crippen LogP) is 3.76. The average Bonchev–Trinajstić information content (AvgIpc) is 3.36. The number of benzene rings is 2. The quantitative estimate of drug-likeness (QED) is 0.410. The lowest BCUT2D eigenvalue weighted by atomic mass is 9.77. The summed E-state index contributed by atoms with van der Waals surface area (Å²) in [7, 11) is 0. The molecule has 2 unspecified atom stereocenters. The van der Waals surface area contributed by atoms with Gasteiger partial charge >= 0.3 is 0 Å². The van der Waals surface area contributed by atoms with Crippen LogP contribution in [0, 0.1) is 11.8 Å². The Morgan fingerprint density at radius 2 is 1.73 bits per heavy atom. The van der Waals surface area contributed by atoms with Crippen molar-refractivity contribution in [3.05, 3.63) is 84.5 Å². The zero-order valence-corrected chi connectivity index (χ0v) is 26.2. The van der Waals surface area contributed by atoms with E-state index in [1.54, 1.807) is 9.80 Å². The Balaban J connectivity index is 1.42. The molecule has 2 aromatic carbocycles. The molecular formula is C36H43N3O6. The van der Waals surface area contributed by atoms with E-state index >= 15 is 0 Å². The molecule has 238 valence electrons. The summed E-state index contributed by atoms with van der Waals surface area (Å²) >= 11 is 0. The highest BCUT2D eigenvalue weighted by molar-refractivity contribution is 6.04. The van der Waals surface area contributed by atoms with Gasteiger partial charge in [-0.05, 0) is 56.5 Å². The molecule has 3 amide bonds. The summed E-state index contributed by atoms with van der Waals surface area (Å²) in [6.07, 6.45) is 8.96. The largest absolute Gasteiger partial charge is 0.494 e. The monoisotopic (exact) mass is 613 g/mol. The van der Waals surface area contributed by atoms with E-state index in [0.29, 0.717) is 37.6 Å². The van der Waals surface area contributed by atoms with Crippen LogP contribution < -0.4 is 9.64 Å². The number of likely N-dealkylation sites (tertiary alicyclic amines) is 1. The number of aliphatic hydroxyl groups excluding tert-OH is 1. The lowest BCUT2D eigenvalue weighted by Gasteiger charge is -2.40. The van der Waals surface area contributed by atoms with Crippen molar-refractivity contribution < 1.29 is 29.0 Å². The molecule has 9 nitrogen and oxygen atoms in total. The number of carbonyl (C=O) groups is 3. The molecule has 4 aliphatic rings. The van der Waals surface area contributed by atoms with E-state index in [-0.39, 0.29) is 30.4 Å². The Labute approximate surface area is 265 Å². The van der Waals surface area contributed by atoms with E-state index in [1.807, 2.05) is 97.6 Å². The lowest BCUT2D eigenvalue weighted by Crippen LogP contribution is -2.59. The molecule has 45 heavy (non-hydrogen) atoms. The van der Waals surface area contributed by atoms with Crippen molar-refractivity contribution in [2.45, 2.75) is 69.9 Å². The van der Waals surface area contributed by atoms with Crippen LogP contribution in [0.1, 0.15) is 39.2 Å². The SMILES string of the molecule is CCCC(C)N1CC=C[C@]23O[C@@H]4C=CCN(c5ccc(OCC)cc5)C(=O)[C@@H]4[C@H]2C(=O)N([C@@H](CO)Cc2ccccc2)C3C1=O. The minimum atomic E-state index is -1.35. The van der Waals surface area contributed by atoms with Crippen LogP contribution in [0.2, 0.25) is 0 Å². The number of anilines is 1. The molecule has 0 aliphatic carbocycles. The van der Waals surface area contributed by atoms with Crippen molar-refractivity contribution in [1.82, 2.24) is 9.80 Å². The molecule has 6 rings (SSSR count). The number of aliphatic hydroxyl groups is 1. The number of rotatable bonds is 10. The second kappa shape index (κ2) is 12.8. The maximum atomic E-state index is 14.8. The van der Waals surface area contributed by atoms with Crippen molar-refractivity contribution in [1.29, 1.82) is 0 Å².